The van der Waals surface area contributed by atoms with Crippen LogP contribution in [0.25, 0.3) is 0 Å². The number of rotatable bonds is 5. The van der Waals surface area contributed by atoms with E-state index >= 15 is 0 Å². The average Bonchev–Trinajstić information content (AvgIpc) is 2.83. The molecule has 0 saturated heterocycles. The highest BCUT2D eigenvalue weighted by molar-refractivity contribution is 5.36. The molecule has 1 unspecified atom stereocenters. The van der Waals surface area contributed by atoms with E-state index in [1.807, 2.05) is 0 Å². The smallest absolute Gasteiger partial charge is 0.0292 e. The summed E-state index contributed by atoms with van der Waals surface area (Å²) in [6, 6.07) is 7.52. The van der Waals surface area contributed by atoms with Crippen molar-refractivity contribution in [1.29, 1.82) is 0 Å². The van der Waals surface area contributed by atoms with E-state index in [1.165, 1.54) is 31.2 Å². The van der Waals surface area contributed by atoms with Gasteiger partial charge in [-0.3, -0.25) is 0 Å². The normalized spacial score (nSPS) is 16.7. The standard InChI is InChI=1S/C17H27N/c1-5-17(3,4)12-18-13(2)15-10-9-14-7-6-8-16(14)11-15/h9-11,13,18H,5-8,12H2,1-4H3. The van der Waals surface area contributed by atoms with Crippen LogP contribution in [0.1, 0.15) is 63.3 Å². The van der Waals surface area contributed by atoms with Crippen LogP contribution in [0.3, 0.4) is 0 Å². The molecule has 0 radical (unpaired) electrons. The number of nitrogens with one attached hydrogen (secondary N) is 1. The van der Waals surface area contributed by atoms with Crippen LogP contribution in [0, 0.1) is 5.41 Å². The molecule has 0 heterocycles. The Kier molecular flexibility index (Phi) is 4.11. The average molecular weight is 245 g/mol. The summed E-state index contributed by atoms with van der Waals surface area (Å²) >= 11 is 0. The maximum Gasteiger partial charge on any atom is 0.0292 e. The number of hydrogen-bond donors (Lipinski definition) is 1. The third-order valence-electron chi connectivity index (χ3n) is 4.47. The lowest BCUT2D eigenvalue weighted by Crippen LogP contribution is -2.30. The number of aryl methyl sites for hydroxylation is 2. The van der Waals surface area contributed by atoms with Crippen molar-refractivity contribution in [1.82, 2.24) is 5.32 Å². The van der Waals surface area contributed by atoms with E-state index in [-0.39, 0.29) is 0 Å². The molecule has 1 atom stereocenters. The van der Waals surface area contributed by atoms with E-state index in [0.717, 1.165) is 6.54 Å². The number of hydrogen-bond acceptors (Lipinski definition) is 1. The van der Waals surface area contributed by atoms with Gasteiger partial charge in [-0.2, -0.15) is 0 Å². The fourth-order valence-corrected chi connectivity index (χ4v) is 2.53. The Morgan fingerprint density at radius 3 is 2.67 bits per heavy atom. The van der Waals surface area contributed by atoms with Gasteiger partial charge in [-0.05, 0) is 54.7 Å². The van der Waals surface area contributed by atoms with Gasteiger partial charge < -0.3 is 5.32 Å². The molecule has 1 aliphatic carbocycles. The molecule has 0 spiro atoms. The predicted octanol–water partition coefficient (Wildman–Crippen LogP) is 4.26. The Labute approximate surface area is 112 Å². The lowest BCUT2D eigenvalue weighted by atomic mass is 9.90. The summed E-state index contributed by atoms with van der Waals surface area (Å²) in [5, 5.41) is 3.68. The molecule has 0 fully saturated rings. The summed E-state index contributed by atoms with van der Waals surface area (Å²) in [5.74, 6) is 0. The van der Waals surface area contributed by atoms with Crippen molar-refractivity contribution in [2.24, 2.45) is 5.41 Å². The molecule has 1 heteroatoms. The first-order valence-electron chi connectivity index (χ1n) is 7.37. The molecule has 1 N–H and O–H groups in total. The predicted molar refractivity (Wildman–Crippen MR) is 79.0 cm³/mol. The van der Waals surface area contributed by atoms with Crippen LogP contribution in [0.5, 0.6) is 0 Å². The first-order valence-corrected chi connectivity index (χ1v) is 7.37. The molecule has 18 heavy (non-hydrogen) atoms. The van der Waals surface area contributed by atoms with Gasteiger partial charge in [0.1, 0.15) is 0 Å². The van der Waals surface area contributed by atoms with Crippen LogP contribution >= 0.6 is 0 Å². The van der Waals surface area contributed by atoms with Crippen LogP contribution in [0.2, 0.25) is 0 Å². The van der Waals surface area contributed by atoms with Gasteiger partial charge in [0, 0.05) is 12.6 Å². The molecule has 0 aliphatic heterocycles. The second-order valence-electron chi connectivity index (χ2n) is 6.50. The number of benzene rings is 1. The molecule has 0 aromatic heterocycles. The molecular formula is C17H27N. The van der Waals surface area contributed by atoms with E-state index in [0.29, 0.717) is 11.5 Å². The van der Waals surface area contributed by atoms with Crippen LogP contribution in [0.15, 0.2) is 18.2 Å². The van der Waals surface area contributed by atoms with Gasteiger partial charge in [-0.15, -0.1) is 0 Å². The molecular weight excluding hydrogens is 218 g/mol. The maximum absolute atomic E-state index is 3.68. The van der Waals surface area contributed by atoms with E-state index in [2.05, 4.69) is 51.2 Å². The van der Waals surface area contributed by atoms with Crippen molar-refractivity contribution < 1.29 is 0 Å². The van der Waals surface area contributed by atoms with E-state index in [4.69, 9.17) is 0 Å². The third kappa shape index (κ3) is 3.14. The topological polar surface area (TPSA) is 12.0 Å². The van der Waals surface area contributed by atoms with Gasteiger partial charge >= 0.3 is 0 Å². The fourth-order valence-electron chi connectivity index (χ4n) is 2.53. The summed E-state index contributed by atoms with van der Waals surface area (Å²) in [6.07, 6.45) is 5.11. The SMILES string of the molecule is CCC(C)(C)CNC(C)c1ccc2c(c1)CCC2. The minimum absolute atomic E-state index is 0.394. The summed E-state index contributed by atoms with van der Waals surface area (Å²) in [4.78, 5) is 0. The lowest BCUT2D eigenvalue weighted by molar-refractivity contribution is 0.314. The Morgan fingerprint density at radius 2 is 1.94 bits per heavy atom. The quantitative estimate of drug-likeness (QED) is 0.817. The van der Waals surface area contributed by atoms with Gasteiger partial charge in [0.2, 0.25) is 0 Å². The molecule has 1 aromatic rings. The van der Waals surface area contributed by atoms with Gasteiger partial charge in [-0.25, -0.2) is 0 Å². The van der Waals surface area contributed by atoms with Gasteiger partial charge in [-0.1, -0.05) is 39.0 Å². The molecule has 0 saturated carbocycles. The highest BCUT2D eigenvalue weighted by Crippen LogP contribution is 2.26. The van der Waals surface area contributed by atoms with Gasteiger partial charge in [0.25, 0.3) is 0 Å². The summed E-state index contributed by atoms with van der Waals surface area (Å²) in [5.41, 5.74) is 4.99. The van der Waals surface area contributed by atoms with E-state index in [1.54, 1.807) is 11.1 Å². The zero-order valence-electron chi connectivity index (χ0n) is 12.3. The highest BCUT2D eigenvalue weighted by atomic mass is 14.9. The highest BCUT2D eigenvalue weighted by Gasteiger charge is 2.17. The molecule has 1 nitrogen and oxygen atoms in total. The molecule has 0 bridgehead atoms. The van der Waals surface area contributed by atoms with Crippen molar-refractivity contribution in [2.75, 3.05) is 6.54 Å². The maximum atomic E-state index is 3.68. The van der Waals surface area contributed by atoms with Crippen molar-refractivity contribution in [3.63, 3.8) is 0 Å². The number of fused-ring (bicyclic) bond motifs is 1. The molecule has 100 valence electrons. The molecule has 2 rings (SSSR count). The monoisotopic (exact) mass is 245 g/mol. The van der Waals surface area contributed by atoms with Crippen molar-refractivity contribution in [2.45, 2.75) is 59.4 Å². The van der Waals surface area contributed by atoms with Gasteiger partial charge in [0.15, 0.2) is 0 Å². The Bertz CT molecular complexity index is 406. The minimum atomic E-state index is 0.394. The lowest BCUT2D eigenvalue weighted by Gasteiger charge is -2.26. The first kappa shape index (κ1) is 13.6. The molecule has 0 amide bonds. The molecule has 1 aliphatic rings. The zero-order valence-corrected chi connectivity index (χ0v) is 12.3. The van der Waals surface area contributed by atoms with Crippen LogP contribution in [-0.2, 0) is 12.8 Å². The van der Waals surface area contributed by atoms with Crippen molar-refractivity contribution in [3.05, 3.63) is 34.9 Å². The second kappa shape index (κ2) is 5.44. The second-order valence-corrected chi connectivity index (χ2v) is 6.50. The first-order chi connectivity index (χ1) is 8.52. The summed E-state index contributed by atoms with van der Waals surface area (Å²) in [6.45, 7) is 10.3. The Morgan fingerprint density at radius 1 is 1.22 bits per heavy atom. The van der Waals surface area contributed by atoms with Crippen molar-refractivity contribution in [3.8, 4) is 0 Å². The minimum Gasteiger partial charge on any atom is -0.310 e. The van der Waals surface area contributed by atoms with E-state index < -0.39 is 0 Å². The van der Waals surface area contributed by atoms with Gasteiger partial charge in [0.05, 0.1) is 0 Å². The Balaban J connectivity index is 1.99. The van der Waals surface area contributed by atoms with Crippen LogP contribution < -0.4 is 5.32 Å². The summed E-state index contributed by atoms with van der Waals surface area (Å²) < 4.78 is 0. The van der Waals surface area contributed by atoms with Crippen LogP contribution in [0.4, 0.5) is 0 Å². The zero-order chi connectivity index (χ0) is 13.2. The van der Waals surface area contributed by atoms with Crippen LogP contribution in [-0.4, -0.2) is 6.54 Å². The van der Waals surface area contributed by atoms with Crippen molar-refractivity contribution >= 4 is 0 Å². The fraction of sp³-hybridized carbons (Fsp3) is 0.647. The molecule has 1 aromatic carbocycles. The largest absolute Gasteiger partial charge is 0.310 e. The van der Waals surface area contributed by atoms with E-state index in [9.17, 15) is 0 Å². The Hall–Kier alpha value is -0.820. The summed E-state index contributed by atoms with van der Waals surface area (Å²) in [7, 11) is 0. The third-order valence-corrected chi connectivity index (χ3v) is 4.47.